The van der Waals surface area contributed by atoms with E-state index in [2.05, 4.69) is 18.6 Å². The molecule has 0 saturated heterocycles. The van der Waals surface area contributed by atoms with Gasteiger partial charge in [0.25, 0.3) is 0 Å². The fourth-order valence-corrected chi connectivity index (χ4v) is 3.74. The fraction of sp³-hybridized carbons (Fsp3) is 0.667. The number of benzene rings is 1. The van der Waals surface area contributed by atoms with E-state index < -0.39 is 10.0 Å². The minimum atomic E-state index is -3.48. The molecule has 132 valence electrons. The highest BCUT2D eigenvalue weighted by Crippen LogP contribution is 2.28. The highest BCUT2D eigenvalue weighted by atomic mass is 32.2. The Hall–Kier alpha value is -1.07. The maximum absolute atomic E-state index is 12.5. The van der Waals surface area contributed by atoms with Gasteiger partial charge >= 0.3 is 0 Å². The first kappa shape index (κ1) is 20.0. The SMILES string of the molecule is CCCC[C@H](CC)CNS(=O)(=O)c1ccc(OC)c(C(C)C)c1. The standard InChI is InChI=1S/C18H31NO3S/c1-6-8-9-15(7-2)13-19-23(20,21)16-10-11-18(22-5)17(12-16)14(3)4/h10-12,14-15,19H,6-9,13H2,1-5H3/t15-/m0/s1. The molecule has 5 heteroatoms. The molecule has 0 spiro atoms. The van der Waals surface area contributed by atoms with Crippen LogP contribution in [0.4, 0.5) is 0 Å². The van der Waals surface area contributed by atoms with E-state index in [1.54, 1.807) is 25.3 Å². The van der Waals surface area contributed by atoms with Crippen molar-refractivity contribution in [2.45, 2.75) is 64.2 Å². The Morgan fingerprint density at radius 2 is 1.91 bits per heavy atom. The van der Waals surface area contributed by atoms with Crippen molar-refractivity contribution in [2.24, 2.45) is 5.92 Å². The summed E-state index contributed by atoms with van der Waals surface area (Å²) in [6, 6.07) is 5.07. The van der Waals surface area contributed by atoms with E-state index in [0.717, 1.165) is 37.0 Å². The average molecular weight is 342 g/mol. The van der Waals surface area contributed by atoms with Crippen molar-refractivity contribution in [3.05, 3.63) is 23.8 Å². The van der Waals surface area contributed by atoms with Gasteiger partial charge in [-0.3, -0.25) is 0 Å². The Kier molecular flexibility index (Phi) is 8.06. The van der Waals surface area contributed by atoms with Gasteiger partial charge in [0.15, 0.2) is 0 Å². The van der Waals surface area contributed by atoms with Crippen LogP contribution in [-0.4, -0.2) is 22.1 Å². The smallest absolute Gasteiger partial charge is 0.240 e. The topological polar surface area (TPSA) is 55.4 Å². The van der Waals surface area contributed by atoms with Gasteiger partial charge in [0.05, 0.1) is 12.0 Å². The largest absolute Gasteiger partial charge is 0.496 e. The number of unbranched alkanes of at least 4 members (excludes halogenated alkanes) is 1. The van der Waals surface area contributed by atoms with Crippen molar-refractivity contribution in [3.63, 3.8) is 0 Å². The molecule has 0 heterocycles. The van der Waals surface area contributed by atoms with Gasteiger partial charge in [0.2, 0.25) is 10.0 Å². The van der Waals surface area contributed by atoms with Crippen LogP contribution in [0.25, 0.3) is 0 Å². The number of hydrogen-bond donors (Lipinski definition) is 1. The molecule has 1 aromatic carbocycles. The third-order valence-corrected chi connectivity index (χ3v) is 5.66. The van der Waals surface area contributed by atoms with Crippen LogP contribution in [0.5, 0.6) is 5.75 Å². The molecule has 1 N–H and O–H groups in total. The molecular formula is C18H31NO3S. The Morgan fingerprint density at radius 1 is 1.22 bits per heavy atom. The molecule has 0 amide bonds. The van der Waals surface area contributed by atoms with Crippen LogP contribution in [0.2, 0.25) is 0 Å². The van der Waals surface area contributed by atoms with E-state index in [1.165, 1.54) is 0 Å². The van der Waals surface area contributed by atoms with Crippen molar-refractivity contribution in [3.8, 4) is 5.75 Å². The van der Waals surface area contributed by atoms with Crippen molar-refractivity contribution in [1.82, 2.24) is 4.72 Å². The molecule has 0 aliphatic carbocycles. The van der Waals surface area contributed by atoms with Crippen LogP contribution < -0.4 is 9.46 Å². The van der Waals surface area contributed by atoms with Gasteiger partial charge in [-0.15, -0.1) is 0 Å². The van der Waals surface area contributed by atoms with E-state index in [1.807, 2.05) is 13.8 Å². The zero-order chi connectivity index (χ0) is 17.5. The summed E-state index contributed by atoms with van der Waals surface area (Å²) in [5.41, 5.74) is 0.911. The van der Waals surface area contributed by atoms with E-state index in [4.69, 9.17) is 4.74 Å². The highest BCUT2D eigenvalue weighted by molar-refractivity contribution is 7.89. The van der Waals surface area contributed by atoms with E-state index >= 15 is 0 Å². The molecule has 1 atom stereocenters. The quantitative estimate of drug-likeness (QED) is 0.690. The van der Waals surface area contributed by atoms with Crippen molar-refractivity contribution in [2.75, 3.05) is 13.7 Å². The summed E-state index contributed by atoms with van der Waals surface area (Å²) in [6.07, 6.45) is 4.33. The number of sulfonamides is 1. The lowest BCUT2D eigenvalue weighted by molar-refractivity contribution is 0.407. The third-order valence-electron chi connectivity index (χ3n) is 4.24. The summed E-state index contributed by atoms with van der Waals surface area (Å²) in [5.74, 6) is 1.33. The number of methoxy groups -OCH3 is 1. The lowest BCUT2D eigenvalue weighted by atomic mass is 10.00. The van der Waals surface area contributed by atoms with Crippen molar-refractivity contribution in [1.29, 1.82) is 0 Å². The van der Waals surface area contributed by atoms with Gasteiger partial charge in [0.1, 0.15) is 5.75 Å². The lowest BCUT2D eigenvalue weighted by Gasteiger charge is -2.17. The molecule has 1 aromatic rings. The molecule has 0 saturated carbocycles. The van der Waals surface area contributed by atoms with Crippen molar-refractivity contribution < 1.29 is 13.2 Å². The van der Waals surface area contributed by atoms with E-state index in [-0.39, 0.29) is 5.92 Å². The molecule has 4 nitrogen and oxygen atoms in total. The maximum atomic E-state index is 12.5. The summed E-state index contributed by atoms with van der Waals surface area (Å²) in [5, 5.41) is 0. The molecule has 0 aliphatic rings. The first-order valence-corrected chi connectivity index (χ1v) is 10.0. The first-order chi connectivity index (χ1) is 10.9. The predicted molar refractivity (Wildman–Crippen MR) is 95.6 cm³/mol. The number of rotatable bonds is 10. The van der Waals surface area contributed by atoms with E-state index in [0.29, 0.717) is 17.4 Å². The summed E-state index contributed by atoms with van der Waals surface area (Å²) in [4.78, 5) is 0.312. The van der Waals surface area contributed by atoms with Gasteiger partial charge in [-0.1, -0.05) is 47.0 Å². The molecule has 23 heavy (non-hydrogen) atoms. The second kappa shape index (κ2) is 9.28. The number of nitrogens with one attached hydrogen (secondary N) is 1. The van der Waals surface area contributed by atoms with Crippen LogP contribution in [0, 0.1) is 5.92 Å². The number of ether oxygens (including phenoxy) is 1. The van der Waals surface area contributed by atoms with Crippen LogP contribution in [-0.2, 0) is 10.0 Å². The molecule has 0 unspecified atom stereocenters. The van der Waals surface area contributed by atoms with Gasteiger partial charge in [-0.05, 0) is 42.0 Å². The summed E-state index contributed by atoms with van der Waals surface area (Å²) >= 11 is 0. The molecular weight excluding hydrogens is 310 g/mol. The zero-order valence-corrected chi connectivity index (χ0v) is 15.9. The second-order valence-corrected chi connectivity index (χ2v) is 8.09. The van der Waals surface area contributed by atoms with Gasteiger partial charge in [-0.2, -0.15) is 0 Å². The van der Waals surface area contributed by atoms with Gasteiger partial charge < -0.3 is 4.74 Å². The molecule has 0 fully saturated rings. The molecule has 0 radical (unpaired) electrons. The Labute approximate surface area is 141 Å². The van der Waals surface area contributed by atoms with Gasteiger partial charge in [0, 0.05) is 6.54 Å². The third kappa shape index (κ3) is 5.81. The van der Waals surface area contributed by atoms with Crippen LogP contribution >= 0.6 is 0 Å². The molecule has 1 rings (SSSR count). The highest BCUT2D eigenvalue weighted by Gasteiger charge is 2.19. The van der Waals surface area contributed by atoms with Crippen LogP contribution in [0.15, 0.2) is 23.1 Å². The predicted octanol–water partition coefficient (Wildman–Crippen LogP) is 4.31. The first-order valence-electron chi connectivity index (χ1n) is 8.53. The normalized spacial score (nSPS) is 13.3. The summed E-state index contributed by atoms with van der Waals surface area (Å²) in [7, 11) is -1.87. The average Bonchev–Trinajstić information content (AvgIpc) is 2.54. The Balaban J connectivity index is 2.89. The Morgan fingerprint density at radius 3 is 2.43 bits per heavy atom. The van der Waals surface area contributed by atoms with E-state index in [9.17, 15) is 8.42 Å². The zero-order valence-electron chi connectivity index (χ0n) is 15.1. The Bertz CT molecular complexity index is 582. The minimum absolute atomic E-state index is 0.202. The van der Waals surface area contributed by atoms with Crippen LogP contribution in [0.3, 0.4) is 0 Å². The second-order valence-electron chi connectivity index (χ2n) is 6.33. The molecule has 0 bridgehead atoms. The van der Waals surface area contributed by atoms with Crippen molar-refractivity contribution >= 4 is 10.0 Å². The lowest BCUT2D eigenvalue weighted by Crippen LogP contribution is -2.29. The monoisotopic (exact) mass is 341 g/mol. The molecule has 0 aromatic heterocycles. The summed E-state index contributed by atoms with van der Waals surface area (Å²) < 4.78 is 33.2. The van der Waals surface area contributed by atoms with Gasteiger partial charge in [-0.25, -0.2) is 13.1 Å². The minimum Gasteiger partial charge on any atom is -0.496 e. The molecule has 0 aliphatic heterocycles. The maximum Gasteiger partial charge on any atom is 0.240 e. The van der Waals surface area contributed by atoms with Crippen LogP contribution in [0.1, 0.15) is 64.9 Å². The summed E-state index contributed by atoms with van der Waals surface area (Å²) in [6.45, 7) is 8.82. The number of hydrogen-bond acceptors (Lipinski definition) is 3. The fourth-order valence-electron chi connectivity index (χ4n) is 2.58.